The topological polar surface area (TPSA) is 74.8 Å². The molecular formula is C23H23Cl2N5O. The van der Waals surface area contributed by atoms with Crippen molar-refractivity contribution in [2.75, 3.05) is 6.54 Å². The molecule has 2 fully saturated rings. The fourth-order valence-electron chi connectivity index (χ4n) is 4.70. The number of aromatic amines is 1. The maximum absolute atomic E-state index is 13.7. The van der Waals surface area contributed by atoms with Crippen molar-refractivity contribution in [1.29, 1.82) is 0 Å². The van der Waals surface area contributed by atoms with Gasteiger partial charge in [0.2, 0.25) is 5.91 Å². The van der Waals surface area contributed by atoms with E-state index in [4.69, 9.17) is 23.2 Å². The Morgan fingerprint density at radius 3 is 2.52 bits per heavy atom. The molecule has 1 saturated carbocycles. The molecule has 160 valence electrons. The minimum absolute atomic E-state index is 0.0645. The van der Waals surface area contributed by atoms with Crippen LogP contribution in [0.25, 0.3) is 0 Å². The Labute approximate surface area is 190 Å². The van der Waals surface area contributed by atoms with Crippen LogP contribution in [-0.2, 0) is 11.2 Å². The van der Waals surface area contributed by atoms with Crippen molar-refractivity contribution in [3.05, 3.63) is 75.5 Å². The van der Waals surface area contributed by atoms with Gasteiger partial charge in [0.05, 0.1) is 6.04 Å². The highest BCUT2D eigenvalue weighted by molar-refractivity contribution is 6.30. The number of H-pyrrole nitrogens is 1. The van der Waals surface area contributed by atoms with E-state index in [0.717, 1.165) is 17.7 Å². The number of benzene rings is 2. The summed E-state index contributed by atoms with van der Waals surface area (Å²) in [6.07, 6.45) is 3.52. The second kappa shape index (κ2) is 8.60. The van der Waals surface area contributed by atoms with E-state index >= 15 is 0 Å². The first-order valence-electron chi connectivity index (χ1n) is 10.6. The Bertz CT molecular complexity index is 1050. The summed E-state index contributed by atoms with van der Waals surface area (Å²) >= 11 is 12.5. The van der Waals surface area contributed by atoms with Crippen molar-refractivity contribution in [2.24, 2.45) is 11.8 Å². The third-order valence-corrected chi connectivity index (χ3v) is 6.83. The van der Waals surface area contributed by atoms with E-state index in [1.54, 1.807) is 0 Å². The SMILES string of the molecule is O=C1C(Cc2nn[nH]n2)CC(c2cccc(Cl)c2)C(c2ccc(Cl)cc2)N1CC1CC1. The molecule has 3 atom stereocenters. The number of nitrogens with one attached hydrogen (secondary N) is 1. The van der Waals surface area contributed by atoms with Gasteiger partial charge in [-0.25, -0.2) is 0 Å². The molecule has 1 saturated heterocycles. The van der Waals surface area contributed by atoms with Crippen LogP contribution in [0.4, 0.5) is 0 Å². The van der Waals surface area contributed by atoms with Crippen LogP contribution in [0.1, 0.15) is 48.2 Å². The molecule has 0 spiro atoms. The third kappa shape index (κ3) is 4.46. The summed E-state index contributed by atoms with van der Waals surface area (Å²) in [7, 11) is 0. The molecule has 1 aliphatic carbocycles. The number of rotatable bonds is 6. The summed E-state index contributed by atoms with van der Waals surface area (Å²) in [5, 5.41) is 15.7. The molecule has 8 heteroatoms. The Morgan fingerprint density at radius 2 is 1.84 bits per heavy atom. The molecule has 1 aromatic heterocycles. The van der Waals surface area contributed by atoms with Crippen molar-refractivity contribution < 1.29 is 4.79 Å². The van der Waals surface area contributed by atoms with Gasteiger partial charge in [0.25, 0.3) is 0 Å². The van der Waals surface area contributed by atoms with Crippen molar-refractivity contribution in [3.8, 4) is 0 Å². The van der Waals surface area contributed by atoms with Gasteiger partial charge in [-0.1, -0.05) is 52.7 Å². The average molecular weight is 456 g/mol. The largest absolute Gasteiger partial charge is 0.335 e. The van der Waals surface area contributed by atoms with Gasteiger partial charge in [-0.3, -0.25) is 4.79 Å². The lowest BCUT2D eigenvalue weighted by Gasteiger charge is -2.45. The van der Waals surface area contributed by atoms with Gasteiger partial charge < -0.3 is 4.90 Å². The van der Waals surface area contributed by atoms with Crippen LogP contribution >= 0.6 is 23.2 Å². The van der Waals surface area contributed by atoms with E-state index in [0.29, 0.717) is 34.6 Å². The Morgan fingerprint density at radius 1 is 1.03 bits per heavy atom. The smallest absolute Gasteiger partial charge is 0.226 e. The van der Waals surface area contributed by atoms with E-state index in [9.17, 15) is 4.79 Å². The van der Waals surface area contributed by atoms with Crippen molar-refractivity contribution in [3.63, 3.8) is 0 Å². The van der Waals surface area contributed by atoms with Gasteiger partial charge in [-0.15, -0.1) is 10.2 Å². The second-order valence-electron chi connectivity index (χ2n) is 8.56. The minimum Gasteiger partial charge on any atom is -0.335 e. The van der Waals surface area contributed by atoms with E-state index in [2.05, 4.69) is 31.6 Å². The Kier molecular flexibility index (Phi) is 5.67. The number of aromatic nitrogens is 4. The predicted octanol–water partition coefficient (Wildman–Crippen LogP) is 4.83. The molecule has 3 aromatic rings. The molecule has 0 radical (unpaired) electrons. The number of hydrogen-bond donors (Lipinski definition) is 1. The number of hydrogen-bond acceptors (Lipinski definition) is 4. The maximum atomic E-state index is 13.7. The fraction of sp³-hybridized carbons (Fsp3) is 0.391. The number of halogens is 2. The van der Waals surface area contributed by atoms with E-state index < -0.39 is 0 Å². The number of tetrazole rings is 1. The maximum Gasteiger partial charge on any atom is 0.226 e. The quantitative estimate of drug-likeness (QED) is 0.577. The summed E-state index contributed by atoms with van der Waals surface area (Å²) in [6.45, 7) is 0.770. The molecule has 1 N–H and O–H groups in total. The van der Waals surface area contributed by atoms with Crippen LogP contribution in [0.3, 0.4) is 0 Å². The molecule has 2 heterocycles. The molecule has 3 unspecified atom stereocenters. The zero-order chi connectivity index (χ0) is 21.4. The van der Waals surface area contributed by atoms with E-state index in [1.807, 2.05) is 42.5 Å². The first-order valence-corrected chi connectivity index (χ1v) is 11.4. The number of piperidine rings is 1. The lowest BCUT2D eigenvalue weighted by Crippen LogP contribution is -2.48. The molecule has 1 aliphatic heterocycles. The fourth-order valence-corrected chi connectivity index (χ4v) is 5.02. The number of carbonyl (C=O) groups is 1. The van der Waals surface area contributed by atoms with Gasteiger partial charge in [-0.2, -0.15) is 5.21 Å². The highest BCUT2D eigenvalue weighted by atomic mass is 35.5. The summed E-state index contributed by atoms with van der Waals surface area (Å²) in [4.78, 5) is 15.8. The van der Waals surface area contributed by atoms with Gasteiger partial charge >= 0.3 is 0 Å². The van der Waals surface area contributed by atoms with Crippen molar-refractivity contribution in [1.82, 2.24) is 25.5 Å². The number of nitrogens with zero attached hydrogens (tertiary/aromatic N) is 4. The van der Waals surface area contributed by atoms with Gasteiger partial charge in [0.1, 0.15) is 0 Å². The van der Waals surface area contributed by atoms with Crippen LogP contribution in [0, 0.1) is 11.8 Å². The lowest BCUT2D eigenvalue weighted by molar-refractivity contribution is -0.143. The van der Waals surface area contributed by atoms with Gasteiger partial charge in [-0.05, 0) is 60.6 Å². The molecule has 6 nitrogen and oxygen atoms in total. The van der Waals surface area contributed by atoms with Crippen LogP contribution in [0.15, 0.2) is 48.5 Å². The summed E-state index contributed by atoms with van der Waals surface area (Å²) in [5.74, 6) is 1.20. The van der Waals surface area contributed by atoms with Gasteiger partial charge in [0, 0.05) is 34.8 Å². The Hall–Kier alpha value is -2.44. The minimum atomic E-state index is -0.205. The molecule has 2 aromatic carbocycles. The zero-order valence-corrected chi connectivity index (χ0v) is 18.4. The zero-order valence-electron chi connectivity index (χ0n) is 16.9. The van der Waals surface area contributed by atoms with Crippen molar-refractivity contribution in [2.45, 2.75) is 37.6 Å². The molecule has 0 bridgehead atoms. The highest BCUT2D eigenvalue weighted by Crippen LogP contribution is 2.47. The highest BCUT2D eigenvalue weighted by Gasteiger charge is 2.45. The summed E-state index contributed by atoms with van der Waals surface area (Å²) in [6, 6.07) is 15.8. The molecule has 1 amide bonds. The first kappa shape index (κ1) is 20.5. The lowest BCUT2D eigenvalue weighted by atomic mass is 9.74. The Balaban J connectivity index is 1.57. The monoisotopic (exact) mass is 455 g/mol. The first-order chi connectivity index (χ1) is 15.1. The molecular weight excluding hydrogens is 433 g/mol. The van der Waals surface area contributed by atoms with Crippen molar-refractivity contribution >= 4 is 29.1 Å². The molecule has 31 heavy (non-hydrogen) atoms. The van der Waals surface area contributed by atoms with Gasteiger partial charge in [0.15, 0.2) is 5.82 Å². The predicted molar refractivity (Wildman–Crippen MR) is 119 cm³/mol. The number of amides is 1. The average Bonchev–Trinajstić information content (AvgIpc) is 3.44. The van der Waals surface area contributed by atoms with Crippen LogP contribution in [0.2, 0.25) is 10.0 Å². The molecule has 5 rings (SSSR count). The van der Waals surface area contributed by atoms with Crippen LogP contribution < -0.4 is 0 Å². The summed E-state index contributed by atoms with van der Waals surface area (Å²) < 4.78 is 0. The standard InChI is InChI=1S/C23H23Cl2N5O/c24-18-8-6-15(7-9-18)22-20(16-2-1-3-19(25)10-16)11-17(12-21-26-28-29-27-21)23(31)30(22)13-14-4-5-14/h1-3,6-10,14,17,20,22H,4-5,11-13H2,(H,26,27,28,29). The normalized spacial score (nSPS) is 23.9. The second-order valence-corrected chi connectivity index (χ2v) is 9.43. The number of carbonyl (C=O) groups excluding carboxylic acids is 1. The molecule has 2 aliphatic rings. The van der Waals surface area contributed by atoms with Crippen LogP contribution in [0.5, 0.6) is 0 Å². The van der Waals surface area contributed by atoms with E-state index in [-0.39, 0.29) is 23.8 Å². The summed E-state index contributed by atoms with van der Waals surface area (Å²) in [5.41, 5.74) is 2.24. The third-order valence-electron chi connectivity index (χ3n) is 6.35. The van der Waals surface area contributed by atoms with Crippen LogP contribution in [-0.4, -0.2) is 38.0 Å². The van der Waals surface area contributed by atoms with E-state index in [1.165, 1.54) is 12.8 Å². The number of likely N-dealkylation sites (tertiary alicyclic amines) is 1.